The minimum Gasteiger partial charge on any atom is -0.508 e. The molecule has 4 rings (SSSR count). The molecule has 0 radical (unpaired) electrons. The van der Waals surface area contributed by atoms with Crippen LogP contribution < -0.4 is 0 Å². The minimum absolute atomic E-state index is 0.0489. The highest BCUT2D eigenvalue weighted by Gasteiger charge is 2.32. The predicted molar refractivity (Wildman–Crippen MR) is 172 cm³/mol. The van der Waals surface area contributed by atoms with E-state index in [1.54, 1.807) is 0 Å². The van der Waals surface area contributed by atoms with Gasteiger partial charge in [0.2, 0.25) is 0 Å². The van der Waals surface area contributed by atoms with Crippen LogP contribution in [-0.2, 0) is 35.5 Å². The Morgan fingerprint density at radius 1 is 0.450 bits per heavy atom. The molecule has 1 heteroatoms. The topological polar surface area (TPSA) is 20.2 Å². The van der Waals surface area contributed by atoms with Gasteiger partial charge in [0.05, 0.1) is 0 Å². The summed E-state index contributed by atoms with van der Waals surface area (Å²) in [6.07, 6.45) is 2.56. The van der Waals surface area contributed by atoms with Crippen molar-refractivity contribution < 1.29 is 5.11 Å². The zero-order valence-corrected chi connectivity index (χ0v) is 26.2. The molecule has 0 saturated carbocycles. The number of hydrogen-bond donors (Lipinski definition) is 1. The normalized spacial score (nSPS) is 12.5. The Balaban J connectivity index is 1.87. The minimum atomic E-state index is -0.130. The second-order valence-corrected chi connectivity index (χ2v) is 13.8. The van der Waals surface area contributed by atoms with Crippen molar-refractivity contribution in [3.63, 3.8) is 0 Å². The molecule has 0 spiro atoms. The maximum absolute atomic E-state index is 11.5. The van der Waals surface area contributed by atoms with Gasteiger partial charge in [-0.2, -0.15) is 0 Å². The first kappa shape index (κ1) is 29.7. The van der Waals surface area contributed by atoms with Crippen molar-refractivity contribution in [2.45, 2.75) is 97.8 Å². The molecular formula is C39H48O. The van der Waals surface area contributed by atoms with E-state index in [9.17, 15) is 5.11 Å². The van der Waals surface area contributed by atoms with Gasteiger partial charge in [-0.3, -0.25) is 0 Å². The maximum atomic E-state index is 11.5. The van der Waals surface area contributed by atoms with E-state index in [0.29, 0.717) is 5.75 Å². The van der Waals surface area contributed by atoms with Crippen LogP contribution in [0.25, 0.3) is 0 Å². The third-order valence-electron chi connectivity index (χ3n) is 9.00. The second kappa shape index (κ2) is 11.3. The summed E-state index contributed by atoms with van der Waals surface area (Å²) in [5, 5.41) is 11.5. The number of hydrogen-bond acceptors (Lipinski definition) is 1. The highest BCUT2D eigenvalue weighted by atomic mass is 16.3. The number of benzene rings is 4. The first-order chi connectivity index (χ1) is 18.7. The molecule has 0 fully saturated rings. The molecule has 4 aromatic rings. The summed E-state index contributed by atoms with van der Waals surface area (Å²) in [5.41, 5.74) is 11.5. The fourth-order valence-electron chi connectivity index (χ4n) is 6.95. The molecule has 0 atom stereocenters. The van der Waals surface area contributed by atoms with Gasteiger partial charge in [-0.1, -0.05) is 120 Å². The van der Waals surface area contributed by atoms with Gasteiger partial charge in [-0.25, -0.2) is 0 Å². The predicted octanol–water partition coefficient (Wildman–Crippen LogP) is 9.88. The molecule has 0 amide bonds. The number of aromatic hydroxyl groups is 1. The summed E-state index contributed by atoms with van der Waals surface area (Å²) in [6, 6.07) is 30.3. The Bertz CT molecular complexity index is 1480. The van der Waals surface area contributed by atoms with E-state index in [1.165, 1.54) is 44.5 Å². The van der Waals surface area contributed by atoms with Crippen LogP contribution in [0.2, 0.25) is 0 Å². The fraction of sp³-hybridized carbons (Fsp3) is 0.385. The van der Waals surface area contributed by atoms with Crippen LogP contribution in [0.4, 0.5) is 0 Å². The summed E-state index contributed by atoms with van der Waals surface area (Å²) in [7, 11) is 0. The van der Waals surface area contributed by atoms with E-state index in [2.05, 4.69) is 141 Å². The summed E-state index contributed by atoms with van der Waals surface area (Å²) in [5.74, 6) is 0.412. The lowest BCUT2D eigenvalue weighted by atomic mass is 9.70. The van der Waals surface area contributed by atoms with Crippen LogP contribution in [0.3, 0.4) is 0 Å². The highest BCUT2D eigenvalue weighted by Crippen LogP contribution is 2.41. The van der Waals surface area contributed by atoms with Crippen molar-refractivity contribution in [2.24, 2.45) is 0 Å². The Hall–Kier alpha value is -3.32. The number of phenols is 1. The van der Waals surface area contributed by atoms with Gasteiger partial charge in [-0.05, 0) is 112 Å². The van der Waals surface area contributed by atoms with E-state index in [1.807, 2.05) is 6.07 Å². The molecule has 210 valence electrons. The van der Waals surface area contributed by atoms with Crippen molar-refractivity contribution in [1.82, 2.24) is 0 Å². The van der Waals surface area contributed by atoms with Gasteiger partial charge < -0.3 is 5.11 Å². The van der Waals surface area contributed by atoms with Crippen LogP contribution in [0, 0.1) is 20.8 Å². The third kappa shape index (κ3) is 6.20. The van der Waals surface area contributed by atoms with Crippen LogP contribution in [0.5, 0.6) is 5.75 Å². The van der Waals surface area contributed by atoms with Crippen LogP contribution in [-0.4, -0.2) is 5.11 Å². The van der Waals surface area contributed by atoms with Gasteiger partial charge in [0, 0.05) is 0 Å². The fourth-order valence-corrected chi connectivity index (χ4v) is 6.95. The number of aryl methyl sites for hydroxylation is 3. The first-order valence-corrected chi connectivity index (χ1v) is 14.7. The van der Waals surface area contributed by atoms with Gasteiger partial charge in [0.1, 0.15) is 5.75 Å². The standard InChI is InChI=1S/C39H48O/c1-27-16-10-13-19-33(27)37(4,5)24-30-22-23-36(40)32(26-39(8,9)35-21-15-12-18-29(35)3)31(30)25-38(6,7)34-20-14-11-17-28(34)2/h10-23,40H,24-26H2,1-9H3. The first-order valence-electron chi connectivity index (χ1n) is 14.7. The lowest BCUT2D eigenvalue weighted by Gasteiger charge is -2.35. The lowest BCUT2D eigenvalue weighted by molar-refractivity contribution is 0.439. The zero-order valence-electron chi connectivity index (χ0n) is 26.2. The van der Waals surface area contributed by atoms with E-state index < -0.39 is 0 Å². The molecule has 4 aromatic carbocycles. The molecule has 0 heterocycles. The molecule has 0 aliphatic carbocycles. The summed E-state index contributed by atoms with van der Waals surface area (Å²) in [6.45, 7) is 20.7. The molecule has 0 aliphatic rings. The number of phenolic OH excluding ortho intramolecular Hbond substituents is 1. The molecule has 0 aliphatic heterocycles. The Morgan fingerprint density at radius 2 is 0.800 bits per heavy atom. The average molecular weight is 533 g/mol. The second-order valence-electron chi connectivity index (χ2n) is 13.8. The molecule has 1 N–H and O–H groups in total. The van der Waals surface area contributed by atoms with Crippen molar-refractivity contribution in [1.29, 1.82) is 0 Å². The van der Waals surface area contributed by atoms with Gasteiger partial charge in [0.25, 0.3) is 0 Å². The maximum Gasteiger partial charge on any atom is 0.119 e. The highest BCUT2D eigenvalue weighted by molar-refractivity contribution is 5.50. The monoisotopic (exact) mass is 532 g/mol. The van der Waals surface area contributed by atoms with Gasteiger partial charge in [0.15, 0.2) is 0 Å². The van der Waals surface area contributed by atoms with E-state index in [-0.39, 0.29) is 16.2 Å². The van der Waals surface area contributed by atoms with Crippen LogP contribution >= 0.6 is 0 Å². The van der Waals surface area contributed by atoms with Gasteiger partial charge in [-0.15, -0.1) is 0 Å². The molecule has 0 aromatic heterocycles. The summed E-state index contributed by atoms with van der Waals surface area (Å²) < 4.78 is 0. The molecule has 0 unspecified atom stereocenters. The van der Waals surface area contributed by atoms with Crippen LogP contribution in [0.15, 0.2) is 84.9 Å². The Labute approximate surface area is 243 Å². The molecule has 1 nitrogen and oxygen atoms in total. The van der Waals surface area contributed by atoms with E-state index >= 15 is 0 Å². The summed E-state index contributed by atoms with van der Waals surface area (Å²) >= 11 is 0. The summed E-state index contributed by atoms with van der Waals surface area (Å²) in [4.78, 5) is 0. The van der Waals surface area contributed by atoms with Crippen molar-refractivity contribution in [2.75, 3.05) is 0 Å². The third-order valence-corrected chi connectivity index (χ3v) is 9.00. The average Bonchev–Trinajstić information content (AvgIpc) is 2.88. The Morgan fingerprint density at radius 3 is 1.20 bits per heavy atom. The Kier molecular flexibility index (Phi) is 8.36. The largest absolute Gasteiger partial charge is 0.508 e. The number of rotatable bonds is 9. The van der Waals surface area contributed by atoms with E-state index in [4.69, 9.17) is 0 Å². The molecule has 40 heavy (non-hydrogen) atoms. The van der Waals surface area contributed by atoms with Crippen molar-refractivity contribution in [3.8, 4) is 5.75 Å². The van der Waals surface area contributed by atoms with E-state index in [0.717, 1.165) is 24.8 Å². The molecule has 0 saturated heterocycles. The van der Waals surface area contributed by atoms with Crippen molar-refractivity contribution in [3.05, 3.63) is 135 Å². The van der Waals surface area contributed by atoms with Crippen molar-refractivity contribution >= 4 is 0 Å². The zero-order chi connectivity index (χ0) is 29.3. The van der Waals surface area contributed by atoms with Crippen LogP contribution in [0.1, 0.15) is 91.6 Å². The molecule has 0 bridgehead atoms. The molecular weight excluding hydrogens is 484 g/mol. The lowest BCUT2D eigenvalue weighted by Crippen LogP contribution is -2.28. The SMILES string of the molecule is Cc1ccccc1C(C)(C)Cc1ccc(O)c(CC(C)(C)c2ccccc2C)c1CC(C)(C)c1ccccc1C. The smallest absolute Gasteiger partial charge is 0.119 e. The van der Waals surface area contributed by atoms with Gasteiger partial charge >= 0.3 is 0 Å². The quantitative estimate of drug-likeness (QED) is 0.227.